The minimum atomic E-state index is -4.85. The molecule has 0 saturated carbocycles. The summed E-state index contributed by atoms with van der Waals surface area (Å²) in [6.07, 6.45) is -3.09. The molecule has 3 aromatic rings. The second-order valence-corrected chi connectivity index (χ2v) is 14.7. The van der Waals surface area contributed by atoms with Crippen LogP contribution in [0.1, 0.15) is 57.2 Å². The third-order valence-corrected chi connectivity index (χ3v) is 9.62. The highest BCUT2D eigenvalue weighted by atomic mass is 35.5. The van der Waals surface area contributed by atoms with Crippen molar-refractivity contribution in [2.75, 3.05) is 18.8 Å². The van der Waals surface area contributed by atoms with E-state index in [0.717, 1.165) is 17.0 Å². The van der Waals surface area contributed by atoms with E-state index in [1.54, 1.807) is 25.7 Å². The first-order valence-electron chi connectivity index (χ1n) is 13.9. The molecule has 240 valence electrons. The first-order chi connectivity index (χ1) is 20.4. The SMILES string of the molecule is CCS(=O)(=O)c1ccc(Cl)cc1Cn1cnc2c(Cl)c(CN3CCC[C@H](NC(=O)OC(C)(C)C)C3)c(C(F)(F)F)cc2c1=O. The van der Waals surface area contributed by atoms with Gasteiger partial charge in [0.15, 0.2) is 9.84 Å². The Hall–Kier alpha value is -2.87. The molecule has 9 nitrogen and oxygen atoms in total. The number of carbonyl (C=O) groups excluding carboxylic acids is 1. The fraction of sp³-hybridized carbons (Fsp3) is 0.483. The number of sulfone groups is 1. The number of aromatic nitrogens is 2. The standard InChI is InChI=1S/C29H33Cl2F3N4O5S/c1-5-44(41,42)23-9-8-18(30)11-17(23)13-38-16-35-25-20(26(38)39)12-22(29(32,33)34)21(24(25)31)15-37-10-6-7-19(14-37)36-27(40)43-28(2,3)4/h8-9,11-12,16,19H,5-7,10,13-15H2,1-4H3,(H,36,40)/t19-/m0/s1. The number of carbonyl (C=O) groups is 1. The molecule has 0 bridgehead atoms. The molecule has 1 amide bonds. The molecular formula is C29H33Cl2F3N4O5S. The molecule has 1 aromatic heterocycles. The highest BCUT2D eigenvalue weighted by Crippen LogP contribution is 2.39. The van der Waals surface area contributed by atoms with E-state index in [1.165, 1.54) is 25.1 Å². The molecule has 1 aliphatic rings. The summed E-state index contributed by atoms with van der Waals surface area (Å²) in [7, 11) is -3.69. The van der Waals surface area contributed by atoms with Crippen LogP contribution < -0.4 is 10.9 Å². The van der Waals surface area contributed by atoms with Crippen molar-refractivity contribution in [3.8, 4) is 0 Å². The van der Waals surface area contributed by atoms with Gasteiger partial charge >= 0.3 is 12.3 Å². The summed E-state index contributed by atoms with van der Waals surface area (Å²) < 4.78 is 74.8. The number of benzene rings is 2. The van der Waals surface area contributed by atoms with Crippen molar-refractivity contribution < 1.29 is 31.1 Å². The molecule has 0 aliphatic carbocycles. The van der Waals surface area contributed by atoms with Gasteiger partial charge in [-0.3, -0.25) is 14.3 Å². The van der Waals surface area contributed by atoms with Crippen molar-refractivity contribution in [2.45, 2.75) is 76.3 Å². The molecule has 0 unspecified atom stereocenters. The van der Waals surface area contributed by atoms with Crippen LogP contribution in [-0.2, 0) is 33.8 Å². The Morgan fingerprint density at radius 1 is 1.16 bits per heavy atom. The predicted molar refractivity (Wildman–Crippen MR) is 162 cm³/mol. The zero-order chi connectivity index (χ0) is 32.6. The van der Waals surface area contributed by atoms with Crippen LogP contribution in [-0.4, -0.2) is 59.4 Å². The van der Waals surface area contributed by atoms with Crippen LogP contribution in [0.5, 0.6) is 0 Å². The van der Waals surface area contributed by atoms with E-state index in [4.69, 9.17) is 27.9 Å². The zero-order valence-electron chi connectivity index (χ0n) is 24.6. The average molecular weight is 678 g/mol. The third-order valence-electron chi connectivity index (χ3n) is 7.15. The first kappa shape index (κ1) is 34.0. The van der Waals surface area contributed by atoms with E-state index in [9.17, 15) is 31.2 Å². The summed E-state index contributed by atoms with van der Waals surface area (Å²) in [6.45, 7) is 6.91. The minimum absolute atomic E-state index is 0.0400. The van der Waals surface area contributed by atoms with E-state index in [0.29, 0.717) is 19.4 Å². The lowest BCUT2D eigenvalue weighted by Crippen LogP contribution is -2.48. The normalized spacial score (nSPS) is 16.7. The largest absolute Gasteiger partial charge is 0.444 e. The van der Waals surface area contributed by atoms with Crippen molar-refractivity contribution >= 4 is 50.0 Å². The fourth-order valence-electron chi connectivity index (χ4n) is 5.15. The van der Waals surface area contributed by atoms with Crippen LogP contribution in [0.25, 0.3) is 10.9 Å². The molecule has 1 atom stereocenters. The maximum atomic E-state index is 14.4. The Kier molecular flexibility index (Phi) is 9.94. The van der Waals surface area contributed by atoms with E-state index in [2.05, 4.69) is 10.3 Å². The quantitative estimate of drug-likeness (QED) is 0.324. The number of alkyl halides is 3. The van der Waals surface area contributed by atoms with Gasteiger partial charge in [-0.1, -0.05) is 30.1 Å². The summed E-state index contributed by atoms with van der Waals surface area (Å²) in [5.74, 6) is -0.200. The monoisotopic (exact) mass is 676 g/mol. The number of hydrogen-bond acceptors (Lipinski definition) is 7. The third kappa shape index (κ3) is 7.85. The van der Waals surface area contributed by atoms with E-state index in [-0.39, 0.29) is 68.4 Å². The van der Waals surface area contributed by atoms with Gasteiger partial charge in [-0.15, -0.1) is 0 Å². The van der Waals surface area contributed by atoms with Crippen LogP contribution >= 0.6 is 23.2 Å². The number of nitrogens with one attached hydrogen (secondary N) is 1. The summed E-state index contributed by atoms with van der Waals surface area (Å²) >= 11 is 12.6. The molecule has 1 fully saturated rings. The van der Waals surface area contributed by atoms with Crippen molar-refractivity contribution in [1.29, 1.82) is 0 Å². The van der Waals surface area contributed by atoms with Crippen molar-refractivity contribution in [1.82, 2.24) is 19.8 Å². The Bertz CT molecular complexity index is 1740. The molecule has 0 spiro atoms. The number of amides is 1. The second kappa shape index (κ2) is 12.9. The lowest BCUT2D eigenvalue weighted by molar-refractivity contribution is -0.138. The van der Waals surface area contributed by atoms with E-state index in [1.807, 2.05) is 0 Å². The van der Waals surface area contributed by atoms with Gasteiger partial charge in [0.05, 0.1) is 45.0 Å². The van der Waals surface area contributed by atoms with Crippen LogP contribution in [0.4, 0.5) is 18.0 Å². The number of nitrogens with zero attached hydrogens (tertiary/aromatic N) is 3. The minimum Gasteiger partial charge on any atom is -0.444 e. The van der Waals surface area contributed by atoms with Crippen LogP contribution in [0.15, 0.2) is 40.3 Å². The Balaban J connectivity index is 1.70. The van der Waals surface area contributed by atoms with Gasteiger partial charge < -0.3 is 10.1 Å². The molecule has 4 rings (SSSR count). The molecule has 2 aromatic carbocycles. The Labute approximate surface area is 263 Å². The molecule has 0 radical (unpaired) electrons. The summed E-state index contributed by atoms with van der Waals surface area (Å²) in [5.41, 5.74) is -2.75. The van der Waals surface area contributed by atoms with Gasteiger partial charge in [0.25, 0.3) is 5.56 Å². The average Bonchev–Trinajstić information content (AvgIpc) is 2.90. The number of likely N-dealkylation sites (tertiary alicyclic amines) is 1. The molecule has 2 heterocycles. The second-order valence-electron chi connectivity index (χ2n) is 11.7. The van der Waals surface area contributed by atoms with Crippen LogP contribution in [0, 0.1) is 0 Å². The lowest BCUT2D eigenvalue weighted by atomic mass is 10.0. The van der Waals surface area contributed by atoms with Crippen molar-refractivity contribution in [3.05, 3.63) is 67.7 Å². The molecule has 1 N–H and O–H groups in total. The topological polar surface area (TPSA) is 111 Å². The van der Waals surface area contributed by atoms with Crippen molar-refractivity contribution in [2.24, 2.45) is 0 Å². The number of ether oxygens (including phenoxy) is 1. The van der Waals surface area contributed by atoms with Gasteiger partial charge in [0, 0.05) is 24.2 Å². The van der Waals surface area contributed by atoms with Gasteiger partial charge in [0.1, 0.15) is 5.60 Å². The van der Waals surface area contributed by atoms with Gasteiger partial charge in [-0.05, 0) is 75.5 Å². The number of halogens is 5. The zero-order valence-corrected chi connectivity index (χ0v) is 26.9. The Morgan fingerprint density at radius 3 is 2.50 bits per heavy atom. The number of fused-ring (bicyclic) bond motifs is 1. The number of rotatable bonds is 7. The molecule has 44 heavy (non-hydrogen) atoms. The highest BCUT2D eigenvalue weighted by Gasteiger charge is 2.37. The summed E-state index contributed by atoms with van der Waals surface area (Å²) in [6, 6.07) is 4.52. The molecular weight excluding hydrogens is 644 g/mol. The number of piperidine rings is 1. The van der Waals surface area contributed by atoms with E-state index >= 15 is 0 Å². The smallest absolute Gasteiger partial charge is 0.416 e. The van der Waals surface area contributed by atoms with E-state index < -0.39 is 38.8 Å². The molecule has 1 saturated heterocycles. The summed E-state index contributed by atoms with van der Waals surface area (Å²) in [5, 5.41) is 2.33. The predicted octanol–water partition coefficient (Wildman–Crippen LogP) is 6.05. The highest BCUT2D eigenvalue weighted by molar-refractivity contribution is 7.91. The maximum absolute atomic E-state index is 14.4. The van der Waals surface area contributed by atoms with Gasteiger partial charge in [-0.25, -0.2) is 18.2 Å². The molecule has 15 heteroatoms. The van der Waals surface area contributed by atoms with Crippen molar-refractivity contribution in [3.63, 3.8) is 0 Å². The van der Waals surface area contributed by atoms with Gasteiger partial charge in [0.2, 0.25) is 0 Å². The molecule has 1 aliphatic heterocycles. The fourth-order valence-corrected chi connectivity index (χ4v) is 6.77. The van der Waals surface area contributed by atoms with Crippen LogP contribution in [0.2, 0.25) is 10.0 Å². The number of alkyl carbamates (subject to hydrolysis) is 1. The summed E-state index contributed by atoms with van der Waals surface area (Å²) in [4.78, 5) is 31.7. The maximum Gasteiger partial charge on any atom is 0.416 e. The van der Waals surface area contributed by atoms with Gasteiger partial charge in [-0.2, -0.15) is 13.2 Å². The van der Waals surface area contributed by atoms with Crippen LogP contribution in [0.3, 0.4) is 0 Å². The Morgan fingerprint density at radius 2 is 1.86 bits per heavy atom. The number of hydrogen-bond donors (Lipinski definition) is 1. The lowest BCUT2D eigenvalue weighted by Gasteiger charge is -2.34. The first-order valence-corrected chi connectivity index (χ1v) is 16.3.